The first-order chi connectivity index (χ1) is 7.09. The Hall–Kier alpha value is -2.30. The van der Waals surface area contributed by atoms with E-state index in [2.05, 4.69) is 4.98 Å². The second-order valence-electron chi connectivity index (χ2n) is 3.09. The highest BCUT2D eigenvalue weighted by molar-refractivity contribution is 6.06. The fourth-order valence-electron chi connectivity index (χ4n) is 1.42. The predicted octanol–water partition coefficient (Wildman–Crippen LogP) is 1.22. The van der Waals surface area contributed by atoms with Crippen LogP contribution in [0.1, 0.15) is 10.4 Å². The van der Waals surface area contributed by atoms with Crippen LogP contribution in [0.3, 0.4) is 0 Å². The molecule has 5 heteroatoms. The number of anilines is 1. The number of aromatic nitrogens is 1. The molecule has 0 atom stereocenters. The van der Waals surface area contributed by atoms with E-state index in [0.29, 0.717) is 10.8 Å². The second-order valence-corrected chi connectivity index (χ2v) is 3.09. The molecule has 0 aliphatic carbocycles. The minimum absolute atomic E-state index is 0.0264. The number of carboxylic acids is 1. The van der Waals surface area contributed by atoms with Crippen molar-refractivity contribution in [1.29, 1.82) is 0 Å². The van der Waals surface area contributed by atoms with Crippen LogP contribution in [0.4, 0.5) is 5.82 Å². The number of nitrogen functional groups attached to an aromatic ring is 1. The minimum atomic E-state index is -1.07. The maximum Gasteiger partial charge on any atom is 0.337 e. The molecule has 4 N–H and O–H groups in total. The zero-order chi connectivity index (χ0) is 11.0. The molecule has 0 aliphatic heterocycles. The Bertz CT molecular complexity index is 552. The van der Waals surface area contributed by atoms with E-state index in [1.54, 1.807) is 0 Å². The number of carboxylic acid groups (broad SMARTS) is 1. The lowest BCUT2D eigenvalue weighted by molar-refractivity contribution is 0.0698. The zero-order valence-electron chi connectivity index (χ0n) is 7.64. The van der Waals surface area contributed by atoms with Crippen molar-refractivity contribution in [2.75, 3.05) is 5.73 Å². The van der Waals surface area contributed by atoms with Crippen molar-refractivity contribution < 1.29 is 15.0 Å². The number of benzene rings is 1. The Balaban J connectivity index is 2.88. The van der Waals surface area contributed by atoms with Crippen LogP contribution in [0.15, 0.2) is 24.4 Å². The largest absolute Gasteiger partial charge is 0.508 e. The van der Waals surface area contributed by atoms with Crippen LogP contribution < -0.4 is 5.73 Å². The molecule has 5 nitrogen and oxygen atoms in total. The second kappa shape index (κ2) is 3.13. The zero-order valence-corrected chi connectivity index (χ0v) is 7.64. The first-order valence-electron chi connectivity index (χ1n) is 4.20. The van der Waals surface area contributed by atoms with Gasteiger partial charge in [0.1, 0.15) is 11.6 Å². The lowest BCUT2D eigenvalue weighted by Gasteiger charge is -2.04. The molecule has 0 saturated heterocycles. The Kier molecular flexibility index (Phi) is 1.93. The fourth-order valence-corrected chi connectivity index (χ4v) is 1.42. The SMILES string of the molecule is Nc1ncc(C(=O)O)c2ccc(O)cc12. The van der Waals surface area contributed by atoms with Crippen LogP contribution in [0, 0.1) is 0 Å². The maximum absolute atomic E-state index is 10.9. The van der Waals surface area contributed by atoms with Crippen LogP contribution in [0.25, 0.3) is 10.8 Å². The number of carbonyl (C=O) groups is 1. The third kappa shape index (κ3) is 1.43. The van der Waals surface area contributed by atoms with Gasteiger partial charge in [0.25, 0.3) is 0 Å². The Morgan fingerprint density at radius 1 is 1.33 bits per heavy atom. The molecule has 1 aromatic carbocycles. The Labute approximate surface area is 84.8 Å². The number of rotatable bonds is 1. The van der Waals surface area contributed by atoms with Gasteiger partial charge in [-0.3, -0.25) is 0 Å². The van der Waals surface area contributed by atoms with Crippen molar-refractivity contribution in [2.45, 2.75) is 0 Å². The fraction of sp³-hybridized carbons (Fsp3) is 0. The normalized spacial score (nSPS) is 10.4. The third-order valence-electron chi connectivity index (χ3n) is 2.13. The van der Waals surface area contributed by atoms with Crippen LogP contribution in [-0.4, -0.2) is 21.2 Å². The van der Waals surface area contributed by atoms with Crippen molar-refractivity contribution in [2.24, 2.45) is 0 Å². The number of hydrogen-bond donors (Lipinski definition) is 3. The number of pyridine rings is 1. The third-order valence-corrected chi connectivity index (χ3v) is 2.13. The van der Waals surface area contributed by atoms with Gasteiger partial charge in [0, 0.05) is 17.0 Å². The number of nitrogens with zero attached hydrogens (tertiary/aromatic N) is 1. The Morgan fingerprint density at radius 2 is 2.07 bits per heavy atom. The van der Waals surface area contributed by atoms with Gasteiger partial charge in [-0.15, -0.1) is 0 Å². The van der Waals surface area contributed by atoms with Gasteiger partial charge in [-0.2, -0.15) is 0 Å². The van der Waals surface area contributed by atoms with Crippen LogP contribution in [-0.2, 0) is 0 Å². The number of hydrogen-bond acceptors (Lipinski definition) is 4. The van der Waals surface area contributed by atoms with E-state index in [1.165, 1.54) is 24.4 Å². The molecule has 76 valence electrons. The first kappa shape index (κ1) is 9.26. The summed E-state index contributed by atoms with van der Waals surface area (Å²) in [6.07, 6.45) is 1.21. The van der Waals surface area contributed by atoms with Gasteiger partial charge in [0.15, 0.2) is 0 Å². The molecule has 0 bridgehead atoms. The van der Waals surface area contributed by atoms with E-state index in [0.717, 1.165) is 0 Å². The first-order valence-corrected chi connectivity index (χ1v) is 4.20. The lowest BCUT2D eigenvalue weighted by Crippen LogP contribution is -2.01. The minimum Gasteiger partial charge on any atom is -0.508 e. The summed E-state index contributed by atoms with van der Waals surface area (Å²) in [5.41, 5.74) is 5.65. The highest BCUT2D eigenvalue weighted by Crippen LogP contribution is 2.26. The highest BCUT2D eigenvalue weighted by Gasteiger charge is 2.11. The molecule has 0 saturated carbocycles. The molecule has 0 spiro atoms. The summed E-state index contributed by atoms with van der Waals surface area (Å²) < 4.78 is 0. The summed E-state index contributed by atoms with van der Waals surface area (Å²) in [6, 6.07) is 4.31. The predicted molar refractivity (Wildman–Crippen MR) is 54.8 cm³/mol. The molecule has 15 heavy (non-hydrogen) atoms. The summed E-state index contributed by atoms with van der Waals surface area (Å²) in [7, 11) is 0. The summed E-state index contributed by atoms with van der Waals surface area (Å²) in [6.45, 7) is 0. The standard InChI is InChI=1S/C10H8N2O3/c11-9-7-3-5(13)1-2-6(7)8(4-12-9)10(14)15/h1-4,13H,(H2,11,12)(H,14,15). The molecule has 1 heterocycles. The van der Waals surface area contributed by atoms with Crippen molar-refractivity contribution in [3.63, 3.8) is 0 Å². The molecular weight excluding hydrogens is 196 g/mol. The molecule has 0 amide bonds. The number of aromatic carboxylic acids is 1. The van der Waals surface area contributed by atoms with Crippen LogP contribution in [0.5, 0.6) is 5.75 Å². The molecule has 0 radical (unpaired) electrons. The summed E-state index contributed by atoms with van der Waals surface area (Å²) in [5, 5.41) is 19.1. The average Bonchev–Trinajstić information content (AvgIpc) is 2.19. The smallest absolute Gasteiger partial charge is 0.337 e. The summed E-state index contributed by atoms with van der Waals surface area (Å²) >= 11 is 0. The van der Waals surface area contributed by atoms with Gasteiger partial charge in [-0.1, -0.05) is 0 Å². The number of fused-ring (bicyclic) bond motifs is 1. The van der Waals surface area contributed by atoms with Gasteiger partial charge in [-0.05, 0) is 18.2 Å². The molecule has 0 fully saturated rings. The molecule has 0 aliphatic rings. The van der Waals surface area contributed by atoms with E-state index in [4.69, 9.17) is 10.8 Å². The number of nitrogens with two attached hydrogens (primary N) is 1. The molecule has 2 aromatic rings. The molecule has 0 unspecified atom stereocenters. The lowest BCUT2D eigenvalue weighted by atomic mass is 10.1. The van der Waals surface area contributed by atoms with Crippen molar-refractivity contribution in [1.82, 2.24) is 4.98 Å². The summed E-state index contributed by atoms with van der Waals surface area (Å²) in [5.74, 6) is -0.845. The van der Waals surface area contributed by atoms with Gasteiger partial charge < -0.3 is 15.9 Å². The van der Waals surface area contributed by atoms with E-state index in [1.807, 2.05) is 0 Å². The van der Waals surface area contributed by atoms with Gasteiger partial charge in [0.2, 0.25) is 0 Å². The van der Waals surface area contributed by atoms with E-state index in [-0.39, 0.29) is 17.1 Å². The summed E-state index contributed by atoms with van der Waals surface area (Å²) in [4.78, 5) is 14.6. The van der Waals surface area contributed by atoms with Gasteiger partial charge in [-0.25, -0.2) is 9.78 Å². The topological polar surface area (TPSA) is 96.4 Å². The van der Waals surface area contributed by atoms with Crippen molar-refractivity contribution in [3.05, 3.63) is 30.0 Å². The van der Waals surface area contributed by atoms with Crippen LogP contribution >= 0.6 is 0 Å². The molecule has 1 aromatic heterocycles. The van der Waals surface area contributed by atoms with Crippen molar-refractivity contribution in [3.8, 4) is 5.75 Å². The average molecular weight is 204 g/mol. The number of phenolic OH excluding ortho intramolecular Hbond substituents is 1. The van der Waals surface area contributed by atoms with Crippen LogP contribution in [0.2, 0.25) is 0 Å². The number of phenols is 1. The van der Waals surface area contributed by atoms with E-state index >= 15 is 0 Å². The maximum atomic E-state index is 10.9. The quantitative estimate of drug-likeness (QED) is 0.649. The van der Waals surface area contributed by atoms with Gasteiger partial charge in [0.05, 0.1) is 5.56 Å². The van der Waals surface area contributed by atoms with E-state index < -0.39 is 5.97 Å². The van der Waals surface area contributed by atoms with Crippen molar-refractivity contribution >= 4 is 22.6 Å². The van der Waals surface area contributed by atoms with Gasteiger partial charge >= 0.3 is 5.97 Å². The Morgan fingerprint density at radius 3 is 2.73 bits per heavy atom. The van der Waals surface area contributed by atoms with E-state index in [9.17, 15) is 9.90 Å². The molecular formula is C10H8N2O3. The highest BCUT2D eigenvalue weighted by atomic mass is 16.4. The number of aromatic hydroxyl groups is 1. The molecule has 2 rings (SSSR count). The monoisotopic (exact) mass is 204 g/mol.